The van der Waals surface area contributed by atoms with E-state index >= 15 is 0 Å². The highest BCUT2D eigenvalue weighted by molar-refractivity contribution is 7.99. The topological polar surface area (TPSA) is 67.9 Å². The van der Waals surface area contributed by atoms with Crippen LogP contribution in [0.2, 0.25) is 0 Å². The van der Waals surface area contributed by atoms with Gasteiger partial charge in [-0.15, -0.1) is 11.3 Å². The predicted octanol–water partition coefficient (Wildman–Crippen LogP) is 3.47. The normalized spacial score (nSPS) is 22.0. The number of ether oxygens (including phenoxy) is 2. The van der Waals surface area contributed by atoms with E-state index in [1.807, 2.05) is 25.6 Å². The lowest BCUT2D eigenvalue weighted by Gasteiger charge is -2.29. The summed E-state index contributed by atoms with van der Waals surface area (Å²) in [5.41, 5.74) is 1.36. The number of aryl methyl sites for hydroxylation is 1. The van der Waals surface area contributed by atoms with Crippen molar-refractivity contribution in [3.63, 3.8) is 0 Å². The van der Waals surface area contributed by atoms with Gasteiger partial charge in [0.2, 0.25) is 5.91 Å². The summed E-state index contributed by atoms with van der Waals surface area (Å²) >= 11 is 3.38. The molecular formula is C20H30N2O4S2. The Labute approximate surface area is 175 Å². The number of carbonyl (C=O) groups excluding carboxylic acids is 2. The van der Waals surface area contributed by atoms with Crippen molar-refractivity contribution >= 4 is 40.0 Å². The summed E-state index contributed by atoms with van der Waals surface area (Å²) in [6.07, 6.45) is 3.49. The van der Waals surface area contributed by atoms with Crippen molar-refractivity contribution in [1.29, 1.82) is 0 Å². The van der Waals surface area contributed by atoms with Crippen molar-refractivity contribution in [2.45, 2.75) is 52.2 Å². The number of esters is 1. The lowest BCUT2D eigenvalue weighted by Crippen LogP contribution is -2.44. The van der Waals surface area contributed by atoms with Gasteiger partial charge in [0.05, 0.1) is 24.8 Å². The Balaban J connectivity index is 1.68. The molecule has 3 rings (SSSR count). The van der Waals surface area contributed by atoms with Gasteiger partial charge in [-0.3, -0.25) is 9.69 Å². The van der Waals surface area contributed by atoms with Gasteiger partial charge in [-0.05, 0) is 51.3 Å². The lowest BCUT2D eigenvalue weighted by molar-refractivity contribution is -0.118. The Hall–Kier alpha value is -1.09. The SMILES string of the molecule is CCOC(=O)c1c(NC(=O)CN(C[C@@H]2CCCO2)[C@@H]2CCSC2)sc(C)c1C. The minimum atomic E-state index is -0.372. The molecule has 2 saturated heterocycles. The number of amides is 1. The van der Waals surface area contributed by atoms with Crippen LogP contribution in [0.4, 0.5) is 5.00 Å². The predicted molar refractivity (Wildman–Crippen MR) is 115 cm³/mol. The summed E-state index contributed by atoms with van der Waals surface area (Å²) in [5, 5.41) is 3.57. The summed E-state index contributed by atoms with van der Waals surface area (Å²) in [6.45, 7) is 7.89. The Kier molecular flexibility index (Phi) is 7.79. The van der Waals surface area contributed by atoms with E-state index in [-0.39, 0.29) is 18.0 Å². The first-order valence-electron chi connectivity index (χ1n) is 10.00. The van der Waals surface area contributed by atoms with Gasteiger partial charge in [0.1, 0.15) is 5.00 Å². The van der Waals surface area contributed by atoms with Gasteiger partial charge in [0.15, 0.2) is 0 Å². The van der Waals surface area contributed by atoms with Gasteiger partial charge < -0.3 is 14.8 Å². The second kappa shape index (κ2) is 10.1. The highest BCUT2D eigenvalue weighted by Crippen LogP contribution is 2.33. The molecule has 156 valence electrons. The molecule has 0 radical (unpaired) electrons. The van der Waals surface area contributed by atoms with Crippen molar-refractivity contribution < 1.29 is 19.1 Å². The van der Waals surface area contributed by atoms with E-state index in [1.165, 1.54) is 11.3 Å². The number of hydrogen-bond acceptors (Lipinski definition) is 7. The molecule has 2 aliphatic heterocycles. The number of nitrogens with zero attached hydrogens (tertiary/aromatic N) is 1. The maximum Gasteiger partial charge on any atom is 0.341 e. The first-order valence-corrected chi connectivity index (χ1v) is 12.0. The van der Waals surface area contributed by atoms with E-state index in [0.29, 0.717) is 29.8 Å². The Morgan fingerprint density at radius 1 is 1.32 bits per heavy atom. The van der Waals surface area contributed by atoms with Gasteiger partial charge in [0.25, 0.3) is 0 Å². The van der Waals surface area contributed by atoms with Crippen LogP contribution < -0.4 is 5.32 Å². The molecule has 0 aromatic carbocycles. The average Bonchev–Trinajstić information content (AvgIpc) is 3.38. The Morgan fingerprint density at radius 3 is 2.79 bits per heavy atom. The van der Waals surface area contributed by atoms with Gasteiger partial charge in [-0.2, -0.15) is 11.8 Å². The molecule has 2 fully saturated rings. The molecule has 2 aliphatic rings. The van der Waals surface area contributed by atoms with Crippen LogP contribution in [0.1, 0.15) is 47.0 Å². The Morgan fingerprint density at radius 2 is 2.14 bits per heavy atom. The maximum absolute atomic E-state index is 12.9. The third-order valence-corrected chi connectivity index (χ3v) is 7.62. The fourth-order valence-electron chi connectivity index (χ4n) is 3.72. The van der Waals surface area contributed by atoms with Gasteiger partial charge in [-0.25, -0.2) is 4.79 Å². The van der Waals surface area contributed by atoms with Crippen molar-refractivity contribution in [1.82, 2.24) is 4.90 Å². The third-order valence-electron chi connectivity index (χ3n) is 5.35. The molecule has 0 unspecified atom stereocenters. The molecule has 1 aromatic rings. The number of hydrogen-bond donors (Lipinski definition) is 1. The molecule has 1 N–H and O–H groups in total. The Bertz CT molecular complexity index is 695. The molecule has 28 heavy (non-hydrogen) atoms. The summed E-state index contributed by atoms with van der Waals surface area (Å²) in [5.74, 6) is 1.75. The largest absolute Gasteiger partial charge is 0.462 e. The maximum atomic E-state index is 12.9. The van der Waals surface area contributed by atoms with E-state index in [2.05, 4.69) is 10.2 Å². The number of nitrogens with one attached hydrogen (secondary N) is 1. The minimum absolute atomic E-state index is 0.0818. The second-order valence-corrected chi connectivity index (χ2v) is 9.71. The number of carbonyl (C=O) groups is 2. The molecule has 2 atom stereocenters. The van der Waals surface area contributed by atoms with E-state index in [1.54, 1.807) is 6.92 Å². The zero-order valence-corrected chi connectivity index (χ0v) is 18.5. The molecule has 0 bridgehead atoms. The zero-order valence-electron chi connectivity index (χ0n) is 16.9. The van der Waals surface area contributed by atoms with Crippen molar-refractivity contribution in [3.05, 3.63) is 16.0 Å². The van der Waals surface area contributed by atoms with E-state index in [9.17, 15) is 9.59 Å². The molecular weight excluding hydrogens is 396 g/mol. The average molecular weight is 427 g/mol. The van der Waals surface area contributed by atoms with Crippen molar-refractivity contribution in [2.24, 2.45) is 0 Å². The summed E-state index contributed by atoms with van der Waals surface area (Å²) in [4.78, 5) is 28.5. The molecule has 1 aromatic heterocycles. The van der Waals surface area contributed by atoms with E-state index in [4.69, 9.17) is 9.47 Å². The molecule has 3 heterocycles. The quantitative estimate of drug-likeness (QED) is 0.642. The molecule has 1 amide bonds. The number of thiophene rings is 1. The van der Waals surface area contributed by atoms with Gasteiger partial charge in [-0.1, -0.05) is 0 Å². The van der Waals surface area contributed by atoms with E-state index in [0.717, 1.165) is 54.4 Å². The standard InChI is InChI=1S/C20H30N2O4S2/c1-4-25-20(24)18-13(2)14(3)28-19(18)21-17(23)11-22(15-7-9-27-12-15)10-16-6-5-8-26-16/h15-16H,4-12H2,1-3H3,(H,21,23)/t15-,16+/m1/s1. The fourth-order valence-corrected chi connectivity index (χ4v) is 6.04. The highest BCUT2D eigenvalue weighted by Gasteiger charge is 2.29. The van der Waals surface area contributed by atoms with Crippen LogP contribution in [0, 0.1) is 13.8 Å². The molecule has 6 nitrogen and oxygen atoms in total. The molecule has 0 aliphatic carbocycles. The van der Waals surface area contributed by atoms with Crippen LogP contribution in [0.3, 0.4) is 0 Å². The smallest absolute Gasteiger partial charge is 0.341 e. The highest BCUT2D eigenvalue weighted by atomic mass is 32.2. The van der Waals surface area contributed by atoms with Crippen LogP contribution in [0.25, 0.3) is 0 Å². The van der Waals surface area contributed by atoms with Crippen LogP contribution in [-0.4, -0.2) is 66.7 Å². The minimum Gasteiger partial charge on any atom is -0.462 e. The first kappa shape index (κ1) is 21.6. The van der Waals surface area contributed by atoms with E-state index < -0.39 is 0 Å². The van der Waals surface area contributed by atoms with Crippen molar-refractivity contribution in [3.8, 4) is 0 Å². The van der Waals surface area contributed by atoms with Crippen LogP contribution in [-0.2, 0) is 14.3 Å². The van der Waals surface area contributed by atoms with Crippen molar-refractivity contribution in [2.75, 3.05) is 43.1 Å². The second-order valence-electron chi connectivity index (χ2n) is 7.34. The number of anilines is 1. The molecule has 0 saturated carbocycles. The fraction of sp³-hybridized carbons (Fsp3) is 0.700. The summed E-state index contributed by atoms with van der Waals surface area (Å²) in [6, 6.07) is 0.413. The zero-order chi connectivity index (χ0) is 20.1. The van der Waals surface area contributed by atoms with Crippen LogP contribution in [0.15, 0.2) is 0 Å². The van der Waals surface area contributed by atoms with Crippen LogP contribution >= 0.6 is 23.1 Å². The summed E-state index contributed by atoms with van der Waals surface area (Å²) < 4.78 is 11.0. The first-order chi connectivity index (χ1) is 13.5. The van der Waals surface area contributed by atoms with Gasteiger partial charge in [0, 0.05) is 29.8 Å². The monoisotopic (exact) mass is 426 g/mol. The molecule has 0 spiro atoms. The third kappa shape index (κ3) is 5.28. The molecule has 8 heteroatoms. The lowest BCUT2D eigenvalue weighted by atomic mass is 10.1. The van der Waals surface area contributed by atoms with Crippen LogP contribution in [0.5, 0.6) is 0 Å². The summed E-state index contributed by atoms with van der Waals surface area (Å²) in [7, 11) is 0. The number of thioether (sulfide) groups is 1. The number of rotatable bonds is 8. The van der Waals surface area contributed by atoms with Gasteiger partial charge >= 0.3 is 5.97 Å².